The molecule has 31 heavy (non-hydrogen) atoms. The first-order valence-electron chi connectivity index (χ1n) is 10.2. The predicted octanol–water partition coefficient (Wildman–Crippen LogP) is 3.92. The molecule has 7 nitrogen and oxygen atoms in total. The second kappa shape index (κ2) is 11.2. The standard InChI is InChI=1S/C22H26N4O3S2/c23-12-15-30-21-11-4-3-10-20(21)25-22(27)17-24-18-8-7-9-19(16-18)31(28,29)26-13-5-1-2-6-14-26/h3-4,7-11,16,24H,1-2,5-6,13-15,17H2,(H,25,27). The summed E-state index contributed by atoms with van der Waals surface area (Å²) in [5.41, 5.74) is 1.21. The van der Waals surface area contributed by atoms with Gasteiger partial charge in [0.25, 0.3) is 0 Å². The Hall–Kier alpha value is -2.54. The van der Waals surface area contributed by atoms with Gasteiger partial charge in [-0.3, -0.25) is 4.79 Å². The van der Waals surface area contributed by atoms with E-state index in [2.05, 4.69) is 16.7 Å². The molecular formula is C22H26N4O3S2. The molecule has 0 unspecified atom stereocenters. The zero-order valence-corrected chi connectivity index (χ0v) is 18.8. The first-order valence-corrected chi connectivity index (χ1v) is 12.7. The molecule has 164 valence electrons. The largest absolute Gasteiger partial charge is 0.376 e. The summed E-state index contributed by atoms with van der Waals surface area (Å²) in [6, 6.07) is 16.0. The van der Waals surface area contributed by atoms with Gasteiger partial charge >= 0.3 is 0 Å². The average Bonchev–Trinajstić information content (AvgIpc) is 3.08. The van der Waals surface area contributed by atoms with E-state index in [-0.39, 0.29) is 17.3 Å². The second-order valence-electron chi connectivity index (χ2n) is 7.19. The molecule has 1 aliphatic rings. The number of rotatable bonds is 8. The highest BCUT2D eigenvalue weighted by Gasteiger charge is 2.25. The lowest BCUT2D eigenvalue weighted by atomic mass is 10.2. The van der Waals surface area contributed by atoms with E-state index in [1.165, 1.54) is 11.8 Å². The summed E-state index contributed by atoms with van der Waals surface area (Å²) in [4.78, 5) is 13.5. The highest BCUT2D eigenvalue weighted by molar-refractivity contribution is 7.99. The molecule has 1 saturated heterocycles. The summed E-state index contributed by atoms with van der Waals surface area (Å²) >= 11 is 1.36. The Kier molecular flexibility index (Phi) is 8.35. The molecule has 1 heterocycles. The third kappa shape index (κ3) is 6.47. The van der Waals surface area contributed by atoms with E-state index >= 15 is 0 Å². The number of nitrogens with one attached hydrogen (secondary N) is 2. The van der Waals surface area contributed by atoms with Crippen LogP contribution in [0.2, 0.25) is 0 Å². The van der Waals surface area contributed by atoms with E-state index < -0.39 is 10.0 Å². The van der Waals surface area contributed by atoms with Crippen LogP contribution in [0.4, 0.5) is 11.4 Å². The lowest BCUT2D eigenvalue weighted by Gasteiger charge is -2.20. The van der Waals surface area contributed by atoms with Crippen LogP contribution in [0.5, 0.6) is 0 Å². The van der Waals surface area contributed by atoms with Crippen molar-refractivity contribution in [3.8, 4) is 6.07 Å². The molecule has 0 radical (unpaired) electrons. The molecule has 0 saturated carbocycles. The number of thioether (sulfide) groups is 1. The van der Waals surface area contributed by atoms with Crippen molar-refractivity contribution in [3.05, 3.63) is 48.5 Å². The van der Waals surface area contributed by atoms with Crippen LogP contribution in [-0.2, 0) is 14.8 Å². The van der Waals surface area contributed by atoms with E-state index in [4.69, 9.17) is 5.26 Å². The normalized spacial score (nSPS) is 14.9. The second-order valence-corrected chi connectivity index (χ2v) is 10.1. The number of benzene rings is 2. The van der Waals surface area contributed by atoms with Crippen molar-refractivity contribution in [3.63, 3.8) is 0 Å². The topological polar surface area (TPSA) is 102 Å². The van der Waals surface area contributed by atoms with E-state index in [9.17, 15) is 13.2 Å². The van der Waals surface area contributed by atoms with E-state index in [1.807, 2.05) is 18.2 Å². The monoisotopic (exact) mass is 458 g/mol. The molecule has 1 amide bonds. The number of nitrogens with zero attached hydrogens (tertiary/aromatic N) is 2. The maximum atomic E-state index is 13.0. The minimum absolute atomic E-state index is 0.00946. The highest BCUT2D eigenvalue weighted by atomic mass is 32.2. The Bertz CT molecular complexity index is 1040. The summed E-state index contributed by atoms with van der Waals surface area (Å²) in [5, 5.41) is 14.6. The van der Waals surface area contributed by atoms with E-state index in [0.29, 0.717) is 30.2 Å². The smallest absolute Gasteiger partial charge is 0.243 e. The number of carbonyl (C=O) groups excluding carboxylic acids is 1. The third-order valence-corrected chi connectivity index (χ3v) is 7.78. The van der Waals surface area contributed by atoms with Gasteiger partial charge in [0.2, 0.25) is 15.9 Å². The number of sulfonamides is 1. The fourth-order valence-corrected chi connectivity index (χ4v) is 5.61. The minimum atomic E-state index is -3.55. The quantitative estimate of drug-likeness (QED) is 0.582. The van der Waals surface area contributed by atoms with Gasteiger partial charge in [0.05, 0.1) is 28.9 Å². The van der Waals surface area contributed by atoms with Crippen molar-refractivity contribution in [2.75, 3.05) is 36.0 Å². The average molecular weight is 459 g/mol. The summed E-state index contributed by atoms with van der Waals surface area (Å²) in [5.74, 6) is 0.0365. The molecule has 0 aromatic heterocycles. The molecule has 1 fully saturated rings. The molecule has 1 aliphatic heterocycles. The van der Waals surface area contributed by atoms with Crippen LogP contribution in [0.3, 0.4) is 0 Å². The Morgan fingerprint density at radius 1 is 1.06 bits per heavy atom. The van der Waals surface area contributed by atoms with E-state index in [0.717, 1.165) is 30.6 Å². The number of para-hydroxylation sites is 1. The van der Waals surface area contributed by atoms with Crippen molar-refractivity contribution in [1.82, 2.24) is 4.31 Å². The molecule has 0 aliphatic carbocycles. The van der Waals surface area contributed by atoms with Crippen molar-refractivity contribution in [1.29, 1.82) is 5.26 Å². The first-order chi connectivity index (χ1) is 15.0. The summed E-state index contributed by atoms with van der Waals surface area (Å²) in [6.45, 7) is 1.09. The Morgan fingerprint density at radius 2 is 1.81 bits per heavy atom. The molecule has 0 spiro atoms. The van der Waals surface area contributed by atoms with E-state index in [1.54, 1.807) is 34.6 Å². The molecule has 2 N–H and O–H groups in total. The van der Waals surface area contributed by atoms with Crippen molar-refractivity contribution in [2.24, 2.45) is 0 Å². The van der Waals surface area contributed by atoms with Crippen LogP contribution in [0.1, 0.15) is 25.7 Å². The Morgan fingerprint density at radius 3 is 2.55 bits per heavy atom. The van der Waals surface area contributed by atoms with Gasteiger partial charge in [-0.2, -0.15) is 9.57 Å². The van der Waals surface area contributed by atoms with Crippen LogP contribution in [0.15, 0.2) is 58.3 Å². The summed E-state index contributed by atoms with van der Waals surface area (Å²) < 4.78 is 27.5. The fourth-order valence-electron chi connectivity index (χ4n) is 3.38. The van der Waals surface area contributed by atoms with Gasteiger partial charge in [-0.25, -0.2) is 8.42 Å². The Balaban J connectivity index is 1.63. The number of carbonyl (C=O) groups is 1. The number of amides is 1. The molecule has 0 bridgehead atoms. The first kappa shape index (κ1) is 23.1. The van der Waals surface area contributed by atoms with Gasteiger partial charge in [-0.05, 0) is 43.2 Å². The SMILES string of the molecule is N#CCSc1ccccc1NC(=O)CNc1cccc(S(=O)(=O)N2CCCCCC2)c1. The fraction of sp³-hybridized carbons (Fsp3) is 0.364. The summed E-state index contributed by atoms with van der Waals surface area (Å²) in [6.07, 6.45) is 3.87. The maximum absolute atomic E-state index is 13.0. The van der Waals surface area contributed by atoms with Gasteiger partial charge in [-0.1, -0.05) is 31.0 Å². The van der Waals surface area contributed by atoms with Crippen molar-refractivity contribution in [2.45, 2.75) is 35.5 Å². The third-order valence-electron chi connectivity index (χ3n) is 4.94. The summed E-state index contributed by atoms with van der Waals surface area (Å²) in [7, 11) is -3.55. The molecule has 0 atom stereocenters. The number of anilines is 2. The molecular weight excluding hydrogens is 432 g/mol. The van der Waals surface area contributed by atoms with Crippen LogP contribution < -0.4 is 10.6 Å². The lowest BCUT2D eigenvalue weighted by Crippen LogP contribution is -2.32. The van der Waals surface area contributed by atoms with Gasteiger partial charge < -0.3 is 10.6 Å². The number of nitriles is 1. The van der Waals surface area contributed by atoms with Gasteiger partial charge in [0.1, 0.15) is 0 Å². The molecule has 3 rings (SSSR count). The minimum Gasteiger partial charge on any atom is -0.376 e. The van der Waals surface area contributed by atoms with Crippen molar-refractivity contribution >= 4 is 39.1 Å². The zero-order valence-electron chi connectivity index (χ0n) is 17.2. The van der Waals surface area contributed by atoms with Crippen LogP contribution in [0.25, 0.3) is 0 Å². The highest BCUT2D eigenvalue weighted by Crippen LogP contribution is 2.27. The van der Waals surface area contributed by atoms with Gasteiger partial charge in [0, 0.05) is 23.7 Å². The Labute approximate surface area is 187 Å². The van der Waals surface area contributed by atoms with Crippen LogP contribution in [0, 0.1) is 11.3 Å². The predicted molar refractivity (Wildman–Crippen MR) is 124 cm³/mol. The maximum Gasteiger partial charge on any atom is 0.243 e. The van der Waals surface area contributed by atoms with Gasteiger partial charge in [-0.15, -0.1) is 11.8 Å². The molecule has 2 aromatic rings. The molecule has 2 aromatic carbocycles. The number of hydrogen-bond donors (Lipinski definition) is 2. The lowest BCUT2D eigenvalue weighted by molar-refractivity contribution is -0.114. The molecule has 9 heteroatoms. The van der Waals surface area contributed by atoms with Crippen LogP contribution >= 0.6 is 11.8 Å². The zero-order chi connectivity index (χ0) is 22.1. The van der Waals surface area contributed by atoms with Crippen molar-refractivity contribution < 1.29 is 13.2 Å². The van der Waals surface area contributed by atoms with Gasteiger partial charge in [0.15, 0.2) is 0 Å². The van der Waals surface area contributed by atoms with Crippen LogP contribution in [-0.4, -0.2) is 44.0 Å². The number of hydrogen-bond acceptors (Lipinski definition) is 6.